The van der Waals surface area contributed by atoms with Crippen molar-refractivity contribution in [1.82, 2.24) is 0 Å². The zero-order chi connectivity index (χ0) is 55.4. The Morgan fingerprint density at radius 2 is 0.308 bits per heavy atom. The van der Waals surface area contributed by atoms with Gasteiger partial charge in [0.25, 0.3) is 0 Å². The van der Waals surface area contributed by atoms with E-state index in [2.05, 4.69) is 149 Å². The van der Waals surface area contributed by atoms with Crippen LogP contribution in [0.5, 0.6) is 0 Å². The maximum atomic E-state index is 3.72. The van der Waals surface area contributed by atoms with Crippen molar-refractivity contribution in [1.29, 1.82) is 0 Å². The van der Waals surface area contributed by atoms with Crippen molar-refractivity contribution in [2.75, 3.05) is 0 Å². The molecule has 0 fully saturated rings. The van der Waals surface area contributed by atoms with Gasteiger partial charge in [-0.05, 0) is 107 Å². The van der Waals surface area contributed by atoms with E-state index in [0.717, 1.165) is 110 Å². The van der Waals surface area contributed by atoms with Gasteiger partial charge in [0.15, 0.2) is 0 Å². The zero-order valence-corrected chi connectivity index (χ0v) is 51.2. The molecule has 0 atom stereocenters. The first kappa shape index (κ1) is 65.5. The molecule has 0 amide bonds. The van der Waals surface area contributed by atoms with Crippen LogP contribution < -0.4 is 0 Å². The molecule has 78 heavy (non-hydrogen) atoms. The zero-order valence-electron chi connectivity index (χ0n) is 51.2. The maximum Gasteiger partial charge on any atom is 0.0408 e. The summed E-state index contributed by atoms with van der Waals surface area (Å²) < 4.78 is 0. The minimum absolute atomic E-state index is 0.913. The van der Waals surface area contributed by atoms with Crippen LogP contribution in [0.4, 0.5) is 0 Å². The molecule has 0 aliphatic carbocycles. The quantitative estimate of drug-likeness (QED) is 0.0242. The van der Waals surface area contributed by atoms with Crippen LogP contribution in [0.2, 0.25) is 0 Å². The average molecular weight is 1050 g/mol. The van der Waals surface area contributed by atoms with E-state index >= 15 is 0 Å². The molecule has 0 N–H and O–H groups in total. The normalized spacial score (nSPS) is 10.7. The first-order chi connectivity index (χ1) is 38.6. The summed E-state index contributed by atoms with van der Waals surface area (Å²) in [6, 6.07) is 14.3. The van der Waals surface area contributed by atoms with Gasteiger partial charge in [0, 0.05) is 71.9 Å². The Labute approximate surface area is 481 Å². The Hall–Kier alpha value is -4.98. The van der Waals surface area contributed by atoms with Crippen LogP contribution in [-0.2, 0) is 0 Å². The van der Waals surface area contributed by atoms with E-state index < -0.39 is 0 Å². The highest BCUT2D eigenvalue weighted by atomic mass is 14.2. The fourth-order valence-electron chi connectivity index (χ4n) is 10.7. The fourth-order valence-corrected chi connectivity index (χ4v) is 10.7. The molecule has 4 aromatic rings. The van der Waals surface area contributed by atoms with Gasteiger partial charge in [-0.2, -0.15) is 0 Å². The summed E-state index contributed by atoms with van der Waals surface area (Å²) in [6.45, 7) is 13.8. The van der Waals surface area contributed by atoms with Crippen LogP contribution in [0.3, 0.4) is 0 Å². The molecule has 0 aromatic heterocycles. The third-order valence-electron chi connectivity index (χ3n) is 15.6. The fraction of sp³-hybridized carbons (Fsp3) is 0.615. The number of fused-ring (bicyclic) bond motifs is 6. The van der Waals surface area contributed by atoms with Crippen LogP contribution in [0.1, 0.15) is 345 Å². The molecular formula is C78H108. The van der Waals surface area contributed by atoms with Gasteiger partial charge < -0.3 is 0 Å². The van der Waals surface area contributed by atoms with Crippen molar-refractivity contribution in [3.63, 3.8) is 0 Å². The second kappa shape index (κ2) is 43.8. The average Bonchev–Trinajstić information content (AvgIpc) is 3.56. The first-order valence-corrected chi connectivity index (χ1v) is 33.1. The van der Waals surface area contributed by atoms with Crippen molar-refractivity contribution in [3.05, 3.63) is 69.8 Å². The lowest BCUT2D eigenvalue weighted by molar-refractivity contribution is 0.614. The van der Waals surface area contributed by atoms with E-state index in [1.807, 2.05) is 0 Å². The van der Waals surface area contributed by atoms with Gasteiger partial charge in [0.1, 0.15) is 0 Å². The van der Waals surface area contributed by atoms with Crippen LogP contribution >= 0.6 is 0 Å². The van der Waals surface area contributed by atoms with Crippen molar-refractivity contribution < 1.29 is 0 Å². The summed E-state index contributed by atoms with van der Waals surface area (Å²) in [6.07, 6.45) is 51.2. The summed E-state index contributed by atoms with van der Waals surface area (Å²) in [5.41, 5.74) is 6.25. The molecule has 0 radical (unpaired) electrons. The van der Waals surface area contributed by atoms with Crippen LogP contribution in [0.15, 0.2) is 36.4 Å². The molecule has 0 heterocycles. The highest BCUT2D eigenvalue weighted by molar-refractivity contribution is 6.26. The van der Waals surface area contributed by atoms with Crippen LogP contribution in [-0.4, -0.2) is 0 Å². The molecule has 4 aromatic carbocycles. The molecule has 0 aliphatic heterocycles. The van der Waals surface area contributed by atoms with E-state index in [-0.39, 0.29) is 0 Å². The van der Waals surface area contributed by atoms with Gasteiger partial charge in [0.2, 0.25) is 0 Å². The molecule has 0 unspecified atom stereocenters. The third-order valence-corrected chi connectivity index (χ3v) is 15.6. The Morgan fingerprint density at radius 1 is 0.179 bits per heavy atom. The predicted molar refractivity (Wildman–Crippen MR) is 348 cm³/mol. The molecule has 4 rings (SSSR count). The topological polar surface area (TPSA) is 0 Å². The Balaban J connectivity index is 2.01. The number of hydrogen-bond donors (Lipinski definition) is 0. The Kier molecular flexibility index (Phi) is 36.8. The highest BCUT2D eigenvalue weighted by Gasteiger charge is 2.16. The van der Waals surface area contributed by atoms with E-state index in [4.69, 9.17) is 0 Å². The van der Waals surface area contributed by atoms with Gasteiger partial charge in [-0.25, -0.2) is 0 Å². The summed E-state index contributed by atoms with van der Waals surface area (Å²) >= 11 is 0. The highest BCUT2D eigenvalue weighted by Crippen LogP contribution is 2.39. The molecular weight excluding hydrogens is 937 g/mol. The van der Waals surface area contributed by atoms with Gasteiger partial charge in [-0.3, -0.25) is 0 Å². The van der Waals surface area contributed by atoms with E-state index in [1.165, 1.54) is 225 Å². The lowest BCUT2D eigenvalue weighted by atomic mass is 9.87. The van der Waals surface area contributed by atoms with Crippen LogP contribution in [0.25, 0.3) is 32.3 Å². The van der Waals surface area contributed by atoms with E-state index in [0.29, 0.717) is 0 Å². The molecule has 0 bridgehead atoms. The molecule has 0 saturated heterocycles. The molecule has 420 valence electrons. The molecule has 0 aliphatic rings. The largest absolute Gasteiger partial charge is 0.0978 e. The van der Waals surface area contributed by atoms with Gasteiger partial charge >= 0.3 is 0 Å². The monoisotopic (exact) mass is 1040 g/mol. The molecule has 0 saturated carbocycles. The van der Waals surface area contributed by atoms with Crippen molar-refractivity contribution in [2.24, 2.45) is 0 Å². The SMILES string of the molecule is CCCCCCCCC#Cc1cc2c3cc(C#CCCCCCCCC)c(C#CCCCCCCCC)cc3c3cc(C#CCCCCCCCC)c(C#CCCCCCCCC)cc3c2cc1C#CCCCCCCCC. The summed E-state index contributed by atoms with van der Waals surface area (Å²) in [4.78, 5) is 0. The second-order valence-corrected chi connectivity index (χ2v) is 22.7. The van der Waals surface area contributed by atoms with Gasteiger partial charge in [0.05, 0.1) is 0 Å². The number of benzene rings is 4. The lowest BCUT2D eigenvalue weighted by Crippen LogP contribution is -1.94. The third kappa shape index (κ3) is 26.3. The van der Waals surface area contributed by atoms with Crippen LogP contribution in [0, 0.1) is 71.0 Å². The standard InChI is InChI=1S/C78H108/c1-7-13-19-25-31-37-43-49-55-67-61-73-74(62-68(67)56-50-44-38-32-26-20-14-8-2)76-64-70(58-52-46-40-34-28-22-16-10-4)72(60-54-48-42-36-30-24-18-12-6)66-78(76)77-65-71(59-53-47-41-35-29-23-17-11-5)69(63-75(73)77)57-51-45-39-33-27-21-15-9-3/h61-66H,7-48H2,1-6H3. The molecule has 0 nitrogen and oxygen atoms in total. The lowest BCUT2D eigenvalue weighted by Gasteiger charge is -2.15. The van der Waals surface area contributed by atoms with Crippen molar-refractivity contribution in [3.8, 4) is 71.0 Å². The molecule has 0 heteroatoms. The number of unbranched alkanes of at least 4 members (excludes halogenated alkanes) is 36. The minimum atomic E-state index is 0.913. The first-order valence-electron chi connectivity index (χ1n) is 33.1. The summed E-state index contributed by atoms with van der Waals surface area (Å²) in [5, 5.41) is 7.26. The summed E-state index contributed by atoms with van der Waals surface area (Å²) in [5.74, 6) is 44.2. The maximum absolute atomic E-state index is 3.72. The van der Waals surface area contributed by atoms with Crippen molar-refractivity contribution >= 4 is 32.3 Å². The molecule has 0 spiro atoms. The van der Waals surface area contributed by atoms with Gasteiger partial charge in [-0.1, -0.05) is 305 Å². The van der Waals surface area contributed by atoms with E-state index in [9.17, 15) is 0 Å². The van der Waals surface area contributed by atoms with E-state index in [1.54, 1.807) is 0 Å². The minimum Gasteiger partial charge on any atom is -0.0978 e. The number of rotatable bonds is 36. The summed E-state index contributed by atoms with van der Waals surface area (Å²) in [7, 11) is 0. The number of hydrogen-bond acceptors (Lipinski definition) is 0. The Bertz CT molecular complexity index is 2190. The smallest absolute Gasteiger partial charge is 0.0408 e. The van der Waals surface area contributed by atoms with Gasteiger partial charge in [-0.15, -0.1) is 0 Å². The van der Waals surface area contributed by atoms with Crippen molar-refractivity contribution in [2.45, 2.75) is 311 Å². The second-order valence-electron chi connectivity index (χ2n) is 22.7. The predicted octanol–water partition coefficient (Wildman–Crippen LogP) is 23.8. The Morgan fingerprint density at radius 3 is 0.449 bits per heavy atom.